The maximum absolute atomic E-state index is 12.1. The lowest BCUT2D eigenvalue weighted by Crippen LogP contribution is -2.12. The van der Waals surface area contributed by atoms with Gasteiger partial charge in [0.2, 0.25) is 0 Å². The largest absolute Gasteiger partial charge is 0.744 e. The van der Waals surface area contributed by atoms with Gasteiger partial charge in [-0.15, -0.1) is 0 Å². The molecule has 0 fully saturated rings. The molecule has 2 rings (SSSR count). The molecule has 0 atom stereocenters. The zero-order chi connectivity index (χ0) is 15.7. The lowest BCUT2D eigenvalue weighted by Gasteiger charge is -2.10. The molecular formula is C12H9BrNO5S2-. The third kappa shape index (κ3) is 4.03. The second kappa shape index (κ2) is 5.76. The molecule has 2 aromatic rings. The minimum absolute atomic E-state index is 0.0613. The monoisotopic (exact) mass is 390 g/mol. The van der Waals surface area contributed by atoms with Gasteiger partial charge in [-0.3, -0.25) is 4.72 Å². The van der Waals surface area contributed by atoms with Gasteiger partial charge in [0.1, 0.15) is 10.1 Å². The Morgan fingerprint density at radius 3 is 1.76 bits per heavy atom. The van der Waals surface area contributed by atoms with Crippen LogP contribution in [0.2, 0.25) is 0 Å². The molecule has 0 spiro atoms. The van der Waals surface area contributed by atoms with Crippen LogP contribution in [-0.2, 0) is 20.1 Å². The second-order valence-corrected chi connectivity index (χ2v) is 8.02. The Morgan fingerprint density at radius 2 is 1.29 bits per heavy atom. The molecule has 0 aliphatic rings. The molecule has 112 valence electrons. The molecule has 0 saturated heterocycles. The maximum atomic E-state index is 12.1. The van der Waals surface area contributed by atoms with Gasteiger partial charge in [-0.05, 0) is 48.5 Å². The molecule has 0 aliphatic heterocycles. The molecular weight excluding hydrogens is 382 g/mol. The van der Waals surface area contributed by atoms with Gasteiger partial charge in [-0.25, -0.2) is 16.8 Å². The summed E-state index contributed by atoms with van der Waals surface area (Å²) in [5.74, 6) is 0. The number of nitrogens with one attached hydrogen (secondary N) is 1. The first-order valence-corrected chi connectivity index (χ1v) is 9.21. The zero-order valence-electron chi connectivity index (χ0n) is 10.4. The lowest BCUT2D eigenvalue weighted by molar-refractivity contribution is 0.463. The Bertz CT molecular complexity index is 844. The zero-order valence-corrected chi connectivity index (χ0v) is 13.6. The molecule has 0 aromatic heterocycles. The molecule has 0 bridgehead atoms. The maximum Gasteiger partial charge on any atom is 0.261 e. The van der Waals surface area contributed by atoms with E-state index in [-0.39, 0.29) is 10.6 Å². The topological polar surface area (TPSA) is 103 Å². The fourth-order valence-electron chi connectivity index (χ4n) is 1.52. The van der Waals surface area contributed by atoms with Gasteiger partial charge >= 0.3 is 0 Å². The number of rotatable bonds is 4. The molecule has 0 saturated carbocycles. The quantitative estimate of drug-likeness (QED) is 0.805. The van der Waals surface area contributed by atoms with Crippen LogP contribution >= 0.6 is 15.9 Å². The Labute approximate surface area is 130 Å². The third-order valence-corrected chi connectivity index (χ3v) is 5.29. The highest BCUT2D eigenvalue weighted by molar-refractivity contribution is 9.10. The first-order valence-electron chi connectivity index (χ1n) is 5.53. The summed E-state index contributed by atoms with van der Waals surface area (Å²) in [5, 5.41) is 0. The van der Waals surface area contributed by atoms with Gasteiger partial charge in [-0.2, -0.15) is 0 Å². The smallest absolute Gasteiger partial charge is 0.261 e. The second-order valence-electron chi connectivity index (χ2n) is 4.04. The van der Waals surface area contributed by atoms with E-state index in [0.29, 0.717) is 0 Å². The van der Waals surface area contributed by atoms with Crippen molar-refractivity contribution in [2.75, 3.05) is 4.72 Å². The van der Waals surface area contributed by atoms with Crippen molar-refractivity contribution in [1.82, 2.24) is 0 Å². The number of sulfonamides is 1. The highest BCUT2D eigenvalue weighted by Gasteiger charge is 2.14. The van der Waals surface area contributed by atoms with E-state index in [1.807, 2.05) is 0 Å². The SMILES string of the molecule is O=S(=O)([O-])c1ccc(NS(=O)(=O)c2ccc(Br)cc2)cc1. The van der Waals surface area contributed by atoms with Crippen LogP contribution in [0.5, 0.6) is 0 Å². The predicted octanol–water partition coefficient (Wildman–Crippen LogP) is 2.15. The molecule has 2 aromatic carbocycles. The van der Waals surface area contributed by atoms with E-state index >= 15 is 0 Å². The Balaban J connectivity index is 2.27. The van der Waals surface area contributed by atoms with Gasteiger partial charge in [-0.1, -0.05) is 15.9 Å². The normalized spacial score (nSPS) is 12.1. The van der Waals surface area contributed by atoms with E-state index < -0.39 is 25.0 Å². The molecule has 9 heteroatoms. The van der Waals surface area contributed by atoms with Crippen LogP contribution in [0.25, 0.3) is 0 Å². The number of anilines is 1. The van der Waals surface area contributed by atoms with Crippen LogP contribution in [0.15, 0.2) is 62.8 Å². The number of hydrogen-bond donors (Lipinski definition) is 1. The van der Waals surface area contributed by atoms with Crippen LogP contribution in [0, 0.1) is 0 Å². The van der Waals surface area contributed by atoms with Gasteiger partial charge < -0.3 is 4.55 Å². The van der Waals surface area contributed by atoms with E-state index in [9.17, 15) is 21.4 Å². The number of benzene rings is 2. The Kier molecular flexibility index (Phi) is 4.38. The van der Waals surface area contributed by atoms with Crippen LogP contribution in [0.3, 0.4) is 0 Å². The molecule has 0 aliphatic carbocycles. The van der Waals surface area contributed by atoms with Crippen LogP contribution in [0.1, 0.15) is 0 Å². The fraction of sp³-hybridized carbons (Fsp3) is 0. The molecule has 21 heavy (non-hydrogen) atoms. The van der Waals surface area contributed by atoms with Gasteiger partial charge in [0, 0.05) is 10.2 Å². The average Bonchev–Trinajstić information content (AvgIpc) is 2.38. The number of hydrogen-bond acceptors (Lipinski definition) is 5. The first kappa shape index (κ1) is 16.0. The van der Waals surface area contributed by atoms with Crippen molar-refractivity contribution < 1.29 is 21.4 Å². The summed E-state index contributed by atoms with van der Waals surface area (Å²) in [4.78, 5) is -0.361. The van der Waals surface area contributed by atoms with Crippen molar-refractivity contribution >= 4 is 41.8 Å². The third-order valence-electron chi connectivity index (χ3n) is 2.52. The van der Waals surface area contributed by atoms with Crippen molar-refractivity contribution in [3.05, 3.63) is 53.0 Å². The highest BCUT2D eigenvalue weighted by Crippen LogP contribution is 2.19. The minimum Gasteiger partial charge on any atom is -0.744 e. The van der Waals surface area contributed by atoms with Crippen LogP contribution < -0.4 is 4.72 Å². The van der Waals surface area contributed by atoms with Gasteiger partial charge in [0.05, 0.1) is 9.79 Å². The summed E-state index contributed by atoms with van der Waals surface area (Å²) in [6.45, 7) is 0. The summed E-state index contributed by atoms with van der Waals surface area (Å²) < 4.78 is 59.6. The van der Waals surface area contributed by atoms with Gasteiger partial charge in [0.15, 0.2) is 0 Å². The summed E-state index contributed by atoms with van der Waals surface area (Å²) in [5.41, 5.74) is 0.158. The summed E-state index contributed by atoms with van der Waals surface area (Å²) >= 11 is 3.20. The molecule has 0 unspecified atom stereocenters. The summed E-state index contributed by atoms with van der Waals surface area (Å²) in [7, 11) is -8.33. The Hall–Kier alpha value is -1.42. The lowest BCUT2D eigenvalue weighted by atomic mass is 10.3. The Morgan fingerprint density at radius 1 is 0.810 bits per heavy atom. The van der Waals surface area contributed by atoms with Crippen molar-refractivity contribution in [3.63, 3.8) is 0 Å². The first-order chi connectivity index (χ1) is 9.68. The van der Waals surface area contributed by atoms with Crippen molar-refractivity contribution in [1.29, 1.82) is 0 Å². The van der Waals surface area contributed by atoms with Crippen LogP contribution in [-0.4, -0.2) is 21.4 Å². The van der Waals surface area contributed by atoms with Crippen LogP contribution in [0.4, 0.5) is 5.69 Å². The predicted molar refractivity (Wildman–Crippen MR) is 79.4 cm³/mol. The summed E-state index contributed by atoms with van der Waals surface area (Å²) in [6, 6.07) is 10.5. The van der Waals surface area contributed by atoms with Crippen molar-refractivity contribution in [2.24, 2.45) is 0 Å². The number of halogens is 1. The average molecular weight is 391 g/mol. The molecule has 0 amide bonds. The highest BCUT2D eigenvalue weighted by atomic mass is 79.9. The van der Waals surface area contributed by atoms with E-state index in [1.165, 1.54) is 24.3 Å². The van der Waals surface area contributed by atoms with Crippen molar-refractivity contribution in [3.8, 4) is 0 Å². The van der Waals surface area contributed by atoms with Gasteiger partial charge in [0.25, 0.3) is 10.0 Å². The fourth-order valence-corrected chi connectivity index (χ4v) is 3.31. The minimum atomic E-state index is -4.55. The molecule has 0 heterocycles. The van der Waals surface area contributed by atoms with E-state index in [2.05, 4.69) is 20.7 Å². The van der Waals surface area contributed by atoms with E-state index in [4.69, 9.17) is 0 Å². The molecule has 1 N–H and O–H groups in total. The molecule has 0 radical (unpaired) electrons. The molecule has 6 nitrogen and oxygen atoms in total. The van der Waals surface area contributed by atoms with E-state index in [0.717, 1.165) is 16.6 Å². The summed E-state index contributed by atoms with van der Waals surface area (Å²) in [6.07, 6.45) is 0. The van der Waals surface area contributed by atoms with Crippen molar-refractivity contribution in [2.45, 2.75) is 9.79 Å². The standard InChI is InChI=1S/C12H10BrNO5S2/c13-9-1-5-11(6-2-9)20(15,16)14-10-3-7-12(8-4-10)21(17,18)19/h1-8,14H,(H,17,18,19)/p-1. The van der Waals surface area contributed by atoms with E-state index in [1.54, 1.807) is 12.1 Å².